The fraction of sp³-hybridized carbons (Fsp3) is 0.0833. The first-order chi connectivity index (χ1) is 9.10. The zero-order chi connectivity index (χ0) is 13.8. The minimum atomic E-state index is -0.465. The normalized spacial score (nSPS) is 10.0. The first-order valence-corrected chi connectivity index (χ1v) is 6.25. The van der Waals surface area contributed by atoms with Crippen LogP contribution >= 0.6 is 15.9 Å². The van der Waals surface area contributed by atoms with Crippen molar-refractivity contribution in [2.45, 2.75) is 0 Å². The first-order valence-electron chi connectivity index (χ1n) is 5.46. The monoisotopic (exact) mass is 322 g/mol. The third kappa shape index (κ3) is 3.19. The van der Waals surface area contributed by atoms with E-state index in [1.54, 1.807) is 13.1 Å². The van der Waals surface area contributed by atoms with E-state index in [-0.39, 0.29) is 11.5 Å². The molecule has 7 heteroatoms. The van der Waals surface area contributed by atoms with E-state index in [0.29, 0.717) is 5.82 Å². The molecule has 2 rings (SSSR count). The maximum atomic E-state index is 11.0. The number of benzene rings is 1. The Kier molecular flexibility index (Phi) is 3.96. The minimum absolute atomic E-state index is 0.0677. The second kappa shape index (κ2) is 5.66. The third-order valence-electron chi connectivity index (χ3n) is 2.43. The summed E-state index contributed by atoms with van der Waals surface area (Å²) in [5.41, 5.74) is 0.661. The summed E-state index contributed by atoms with van der Waals surface area (Å²) < 4.78 is 0.935. The van der Waals surface area contributed by atoms with E-state index in [2.05, 4.69) is 31.5 Å². The van der Waals surface area contributed by atoms with Crippen molar-refractivity contribution in [3.8, 4) is 0 Å². The summed E-state index contributed by atoms with van der Waals surface area (Å²) in [4.78, 5) is 14.7. The van der Waals surface area contributed by atoms with Crippen molar-refractivity contribution in [2.24, 2.45) is 0 Å². The quantitative estimate of drug-likeness (QED) is 0.664. The highest BCUT2D eigenvalue weighted by molar-refractivity contribution is 9.10. The van der Waals surface area contributed by atoms with Gasteiger partial charge in [0.05, 0.1) is 4.92 Å². The van der Waals surface area contributed by atoms with Crippen LogP contribution in [-0.2, 0) is 0 Å². The smallest absolute Gasteiger partial charge is 0.311 e. The van der Waals surface area contributed by atoms with Gasteiger partial charge in [0.25, 0.3) is 0 Å². The van der Waals surface area contributed by atoms with Gasteiger partial charge in [-0.1, -0.05) is 15.9 Å². The molecule has 98 valence electrons. The molecule has 2 N–H and O–H groups in total. The molecular formula is C12H11BrN4O2. The van der Waals surface area contributed by atoms with Gasteiger partial charge in [-0.05, 0) is 30.3 Å². The summed E-state index contributed by atoms with van der Waals surface area (Å²) in [7, 11) is 1.71. The van der Waals surface area contributed by atoms with Crippen LogP contribution in [0.25, 0.3) is 0 Å². The van der Waals surface area contributed by atoms with Gasteiger partial charge in [-0.15, -0.1) is 0 Å². The van der Waals surface area contributed by atoms with Crippen molar-refractivity contribution in [1.29, 1.82) is 0 Å². The van der Waals surface area contributed by atoms with Crippen LogP contribution < -0.4 is 10.6 Å². The summed E-state index contributed by atoms with van der Waals surface area (Å²) in [6.45, 7) is 0. The molecule has 0 aliphatic rings. The van der Waals surface area contributed by atoms with E-state index >= 15 is 0 Å². The molecule has 19 heavy (non-hydrogen) atoms. The predicted molar refractivity (Wildman–Crippen MR) is 77.9 cm³/mol. The number of rotatable bonds is 4. The summed E-state index contributed by atoms with van der Waals surface area (Å²) >= 11 is 3.33. The highest BCUT2D eigenvalue weighted by Crippen LogP contribution is 2.27. The van der Waals surface area contributed by atoms with Gasteiger partial charge < -0.3 is 10.6 Å². The van der Waals surface area contributed by atoms with Gasteiger partial charge in [-0.2, -0.15) is 0 Å². The molecule has 2 aromatic rings. The van der Waals surface area contributed by atoms with E-state index in [1.807, 2.05) is 24.3 Å². The number of hydrogen-bond acceptors (Lipinski definition) is 5. The Morgan fingerprint density at radius 3 is 2.47 bits per heavy atom. The lowest BCUT2D eigenvalue weighted by molar-refractivity contribution is -0.384. The summed E-state index contributed by atoms with van der Waals surface area (Å²) in [6.07, 6.45) is 0. The molecular weight excluding hydrogens is 312 g/mol. The number of halogens is 1. The van der Waals surface area contributed by atoms with E-state index in [0.717, 1.165) is 10.2 Å². The van der Waals surface area contributed by atoms with Gasteiger partial charge in [0.2, 0.25) is 5.82 Å². The second-order valence-electron chi connectivity index (χ2n) is 3.70. The predicted octanol–water partition coefficient (Wildman–Crippen LogP) is 3.54. The molecule has 1 aromatic carbocycles. The van der Waals surface area contributed by atoms with Crippen LogP contribution in [-0.4, -0.2) is 17.0 Å². The number of pyridine rings is 1. The maximum Gasteiger partial charge on any atom is 0.311 e. The van der Waals surface area contributed by atoms with Crippen molar-refractivity contribution in [3.05, 3.63) is 51.0 Å². The molecule has 0 aliphatic heterocycles. The van der Waals surface area contributed by atoms with Gasteiger partial charge >= 0.3 is 5.69 Å². The minimum Gasteiger partial charge on any atom is -0.373 e. The van der Waals surface area contributed by atoms with Crippen LogP contribution in [0.4, 0.5) is 23.0 Å². The Morgan fingerprint density at radius 1 is 1.21 bits per heavy atom. The number of aromatic nitrogens is 1. The number of hydrogen-bond donors (Lipinski definition) is 2. The van der Waals surface area contributed by atoms with Crippen LogP contribution in [0.3, 0.4) is 0 Å². The van der Waals surface area contributed by atoms with Crippen molar-refractivity contribution in [3.63, 3.8) is 0 Å². The molecule has 0 atom stereocenters. The summed E-state index contributed by atoms with van der Waals surface area (Å²) in [5.74, 6) is 0.768. The maximum absolute atomic E-state index is 11.0. The molecule has 0 unspecified atom stereocenters. The number of anilines is 3. The van der Waals surface area contributed by atoms with Gasteiger partial charge in [0.15, 0.2) is 0 Å². The summed E-state index contributed by atoms with van der Waals surface area (Å²) in [6, 6.07) is 10.3. The van der Waals surface area contributed by atoms with Gasteiger partial charge in [-0.3, -0.25) is 10.1 Å². The number of nitro groups is 1. The van der Waals surface area contributed by atoms with Crippen molar-refractivity contribution >= 4 is 38.9 Å². The Labute approximate surface area is 118 Å². The lowest BCUT2D eigenvalue weighted by Crippen LogP contribution is -2.02. The molecule has 6 nitrogen and oxygen atoms in total. The van der Waals surface area contributed by atoms with E-state index in [9.17, 15) is 10.1 Å². The molecule has 0 aliphatic carbocycles. The fourth-order valence-electron chi connectivity index (χ4n) is 1.50. The number of nitrogens with zero attached hydrogens (tertiary/aromatic N) is 2. The van der Waals surface area contributed by atoms with E-state index < -0.39 is 4.92 Å². The molecule has 0 bridgehead atoms. The Morgan fingerprint density at radius 2 is 1.89 bits per heavy atom. The average molecular weight is 323 g/mol. The van der Waals surface area contributed by atoms with Crippen molar-refractivity contribution in [2.75, 3.05) is 17.7 Å². The third-order valence-corrected chi connectivity index (χ3v) is 2.96. The standard InChI is InChI=1S/C12H11BrN4O2/c1-14-11-7-6-10(17(18)19)12(16-11)15-9-4-2-8(13)3-5-9/h2-7H,1H3,(H2,14,15,16). The molecule has 0 spiro atoms. The Balaban J connectivity index is 2.36. The topological polar surface area (TPSA) is 80.1 Å². The van der Waals surface area contributed by atoms with Gasteiger partial charge in [-0.25, -0.2) is 4.98 Å². The highest BCUT2D eigenvalue weighted by atomic mass is 79.9. The van der Waals surface area contributed by atoms with Gasteiger partial charge in [0.1, 0.15) is 5.82 Å². The Bertz CT molecular complexity index is 601. The molecule has 0 saturated heterocycles. The largest absolute Gasteiger partial charge is 0.373 e. The highest BCUT2D eigenvalue weighted by Gasteiger charge is 2.15. The number of nitrogens with one attached hydrogen (secondary N) is 2. The molecule has 0 radical (unpaired) electrons. The van der Waals surface area contributed by atoms with Crippen molar-refractivity contribution in [1.82, 2.24) is 4.98 Å². The van der Waals surface area contributed by atoms with Crippen LogP contribution in [0.1, 0.15) is 0 Å². The second-order valence-corrected chi connectivity index (χ2v) is 4.62. The molecule has 1 heterocycles. The van der Waals surface area contributed by atoms with Crippen LogP contribution in [0.2, 0.25) is 0 Å². The van der Waals surface area contributed by atoms with Crippen LogP contribution in [0, 0.1) is 10.1 Å². The lowest BCUT2D eigenvalue weighted by Gasteiger charge is -2.08. The van der Waals surface area contributed by atoms with Crippen molar-refractivity contribution < 1.29 is 4.92 Å². The summed E-state index contributed by atoms with van der Waals surface area (Å²) in [5, 5.41) is 16.8. The molecule has 1 aromatic heterocycles. The lowest BCUT2D eigenvalue weighted by atomic mass is 10.3. The van der Waals surface area contributed by atoms with Crippen LogP contribution in [0.15, 0.2) is 40.9 Å². The first kappa shape index (κ1) is 13.3. The van der Waals surface area contributed by atoms with Gasteiger partial charge in [0, 0.05) is 23.3 Å². The zero-order valence-corrected chi connectivity index (χ0v) is 11.6. The van der Waals surface area contributed by atoms with E-state index in [1.165, 1.54) is 6.07 Å². The van der Waals surface area contributed by atoms with Crippen LogP contribution in [0.5, 0.6) is 0 Å². The average Bonchev–Trinajstić information content (AvgIpc) is 2.41. The Hall–Kier alpha value is -2.15. The SMILES string of the molecule is CNc1ccc([N+](=O)[O-])c(Nc2ccc(Br)cc2)n1. The molecule has 0 saturated carbocycles. The zero-order valence-electron chi connectivity index (χ0n) is 10.1. The fourth-order valence-corrected chi connectivity index (χ4v) is 1.76. The molecule has 0 amide bonds. The van der Waals surface area contributed by atoms with E-state index in [4.69, 9.17) is 0 Å². The molecule has 0 fully saturated rings.